The van der Waals surface area contributed by atoms with Crippen LogP contribution in [0, 0.1) is 0 Å². The van der Waals surface area contributed by atoms with E-state index in [2.05, 4.69) is 5.32 Å². The molecule has 2 N–H and O–H groups in total. The number of aromatic hydroxyl groups is 1. The Morgan fingerprint density at radius 2 is 1.97 bits per heavy atom. The van der Waals surface area contributed by atoms with Gasteiger partial charge in [-0.2, -0.15) is 0 Å². The number of unbranched alkanes of at least 4 members (excludes halogenated alkanes) is 2. The van der Waals surface area contributed by atoms with Crippen LogP contribution in [0.4, 0.5) is 5.69 Å². The predicted octanol–water partition coefficient (Wildman–Crippen LogP) is 4.52. The van der Waals surface area contributed by atoms with E-state index in [1.807, 2.05) is 24.3 Å². The molecular formula is C23H22N2O5S2. The number of thioether (sulfide) groups is 1. The monoisotopic (exact) mass is 470 g/mol. The zero-order valence-electron chi connectivity index (χ0n) is 17.2. The zero-order valence-corrected chi connectivity index (χ0v) is 18.8. The molecule has 2 aromatic rings. The van der Waals surface area contributed by atoms with Crippen molar-refractivity contribution in [2.75, 3.05) is 18.7 Å². The molecular weight excluding hydrogens is 448 g/mol. The van der Waals surface area contributed by atoms with Crippen LogP contribution in [-0.4, -0.2) is 39.5 Å². The number of para-hydroxylation sites is 2. The highest BCUT2D eigenvalue weighted by Crippen LogP contribution is 2.36. The number of amides is 2. The smallest absolute Gasteiger partial charge is 0.266 e. The molecule has 0 bridgehead atoms. The molecule has 166 valence electrons. The Kier molecular flexibility index (Phi) is 6.96. The van der Waals surface area contributed by atoms with Crippen LogP contribution >= 0.6 is 24.0 Å². The molecule has 7 nitrogen and oxygen atoms in total. The van der Waals surface area contributed by atoms with Gasteiger partial charge in [0, 0.05) is 13.0 Å². The van der Waals surface area contributed by atoms with E-state index in [1.165, 1.54) is 17.8 Å². The van der Waals surface area contributed by atoms with Gasteiger partial charge in [0.05, 0.1) is 10.6 Å². The van der Waals surface area contributed by atoms with Crippen LogP contribution in [-0.2, 0) is 9.59 Å². The van der Waals surface area contributed by atoms with Crippen molar-refractivity contribution in [3.8, 4) is 17.2 Å². The summed E-state index contributed by atoms with van der Waals surface area (Å²) in [6, 6.07) is 12.2. The highest BCUT2D eigenvalue weighted by molar-refractivity contribution is 8.26. The van der Waals surface area contributed by atoms with Gasteiger partial charge in [-0.1, -0.05) is 48.6 Å². The number of fused-ring (bicyclic) bond motifs is 1. The van der Waals surface area contributed by atoms with E-state index in [0.717, 1.165) is 18.4 Å². The number of hydrogen-bond donors (Lipinski definition) is 2. The van der Waals surface area contributed by atoms with Gasteiger partial charge in [-0.15, -0.1) is 0 Å². The van der Waals surface area contributed by atoms with Crippen molar-refractivity contribution in [3.63, 3.8) is 0 Å². The average Bonchev–Trinajstić information content (AvgIpc) is 3.34. The van der Waals surface area contributed by atoms with Gasteiger partial charge in [0.2, 0.25) is 12.7 Å². The lowest BCUT2D eigenvalue weighted by atomic mass is 10.1. The highest BCUT2D eigenvalue weighted by Gasteiger charge is 2.31. The van der Waals surface area contributed by atoms with Crippen LogP contribution in [0.15, 0.2) is 47.4 Å². The van der Waals surface area contributed by atoms with Crippen molar-refractivity contribution >= 4 is 51.9 Å². The average molecular weight is 471 g/mol. The quantitative estimate of drug-likeness (QED) is 0.254. The molecule has 2 amide bonds. The van der Waals surface area contributed by atoms with Crippen molar-refractivity contribution in [2.45, 2.75) is 25.7 Å². The summed E-state index contributed by atoms with van der Waals surface area (Å²) >= 11 is 6.68. The number of carbonyl (C=O) groups is 2. The minimum atomic E-state index is -0.149. The van der Waals surface area contributed by atoms with Crippen molar-refractivity contribution in [3.05, 3.63) is 52.9 Å². The third-order valence-electron chi connectivity index (χ3n) is 5.03. The molecule has 0 aliphatic carbocycles. The number of ether oxygens (including phenoxy) is 2. The van der Waals surface area contributed by atoms with Crippen LogP contribution in [0.5, 0.6) is 17.2 Å². The maximum Gasteiger partial charge on any atom is 0.266 e. The van der Waals surface area contributed by atoms with Crippen LogP contribution in [0.1, 0.15) is 31.2 Å². The summed E-state index contributed by atoms with van der Waals surface area (Å²) in [5, 5.41) is 12.4. The number of rotatable bonds is 8. The molecule has 0 aromatic heterocycles. The summed E-state index contributed by atoms with van der Waals surface area (Å²) in [6.07, 6.45) is 4.36. The van der Waals surface area contributed by atoms with E-state index in [4.69, 9.17) is 21.7 Å². The van der Waals surface area contributed by atoms with Crippen LogP contribution in [0.3, 0.4) is 0 Å². The fraction of sp³-hybridized carbons (Fsp3) is 0.261. The van der Waals surface area contributed by atoms with Crippen molar-refractivity contribution < 1.29 is 24.2 Å². The minimum absolute atomic E-state index is 0.0454. The van der Waals surface area contributed by atoms with E-state index in [0.29, 0.717) is 45.8 Å². The Bertz CT molecular complexity index is 1090. The van der Waals surface area contributed by atoms with E-state index < -0.39 is 0 Å². The Morgan fingerprint density at radius 3 is 2.81 bits per heavy atom. The summed E-state index contributed by atoms with van der Waals surface area (Å²) in [4.78, 5) is 27.0. The summed E-state index contributed by atoms with van der Waals surface area (Å²) in [5.41, 5.74) is 1.26. The molecule has 4 rings (SSSR count). The second-order valence-electron chi connectivity index (χ2n) is 7.32. The van der Waals surface area contributed by atoms with Gasteiger partial charge in [0.1, 0.15) is 10.1 Å². The van der Waals surface area contributed by atoms with Gasteiger partial charge >= 0.3 is 0 Å². The van der Waals surface area contributed by atoms with Gasteiger partial charge < -0.3 is 19.9 Å². The molecule has 2 aromatic carbocycles. The molecule has 0 atom stereocenters. The summed E-state index contributed by atoms with van der Waals surface area (Å²) in [6.45, 7) is 0.724. The Labute approximate surface area is 195 Å². The SMILES string of the molecule is O=C(CCCCCN1C(=O)/C(=C/c2ccc3c(c2)OCO3)SC1=S)Nc1ccccc1O. The maximum absolute atomic E-state index is 12.8. The molecule has 0 radical (unpaired) electrons. The van der Waals surface area contributed by atoms with Gasteiger partial charge in [0.25, 0.3) is 5.91 Å². The molecule has 2 heterocycles. The lowest BCUT2D eigenvalue weighted by molar-refractivity contribution is -0.122. The number of hydrogen-bond acceptors (Lipinski definition) is 7. The van der Waals surface area contributed by atoms with E-state index in [9.17, 15) is 14.7 Å². The molecule has 2 aliphatic heterocycles. The normalized spacial score (nSPS) is 16.1. The van der Waals surface area contributed by atoms with E-state index in [1.54, 1.807) is 23.1 Å². The number of thiocarbonyl (C=S) groups is 1. The third-order valence-corrected chi connectivity index (χ3v) is 6.41. The molecule has 9 heteroatoms. The first-order valence-corrected chi connectivity index (χ1v) is 11.5. The standard InChI is InChI=1S/C23H22N2O5S2/c26-17-7-4-3-6-16(17)24-21(27)8-2-1-5-11-25-22(28)20(32-23(25)31)13-15-9-10-18-19(12-15)30-14-29-18/h3-4,6-7,9-10,12-13,26H,1-2,5,8,11,14H2,(H,24,27)/b20-13-. The number of carbonyl (C=O) groups excluding carboxylic acids is 2. The number of nitrogens with zero attached hydrogens (tertiary/aromatic N) is 1. The summed E-state index contributed by atoms with van der Waals surface area (Å²) < 4.78 is 11.2. The van der Waals surface area contributed by atoms with Gasteiger partial charge in [-0.05, 0) is 48.7 Å². The first-order valence-electron chi connectivity index (χ1n) is 10.2. The Hall–Kier alpha value is -3.04. The summed E-state index contributed by atoms with van der Waals surface area (Å²) in [5.74, 6) is 1.16. The molecule has 1 saturated heterocycles. The number of nitrogens with one attached hydrogen (secondary N) is 1. The first-order chi connectivity index (χ1) is 15.5. The van der Waals surface area contributed by atoms with Crippen LogP contribution in [0.2, 0.25) is 0 Å². The minimum Gasteiger partial charge on any atom is -0.506 e. The molecule has 0 saturated carbocycles. The topological polar surface area (TPSA) is 88.1 Å². The zero-order chi connectivity index (χ0) is 22.5. The number of phenols is 1. The Balaban J connectivity index is 1.23. The van der Waals surface area contributed by atoms with Crippen LogP contribution < -0.4 is 14.8 Å². The molecule has 0 spiro atoms. The third kappa shape index (κ3) is 5.23. The van der Waals surface area contributed by atoms with Crippen LogP contribution in [0.25, 0.3) is 6.08 Å². The molecule has 0 unspecified atom stereocenters. The molecule has 2 aliphatic rings. The first kappa shape index (κ1) is 22.2. The van der Waals surface area contributed by atoms with E-state index in [-0.39, 0.29) is 24.4 Å². The molecule has 32 heavy (non-hydrogen) atoms. The van der Waals surface area contributed by atoms with Gasteiger partial charge in [-0.25, -0.2) is 0 Å². The lowest BCUT2D eigenvalue weighted by Crippen LogP contribution is -2.29. The fourth-order valence-electron chi connectivity index (χ4n) is 3.37. The summed E-state index contributed by atoms with van der Waals surface area (Å²) in [7, 11) is 0. The lowest BCUT2D eigenvalue weighted by Gasteiger charge is -2.14. The highest BCUT2D eigenvalue weighted by atomic mass is 32.2. The van der Waals surface area contributed by atoms with E-state index >= 15 is 0 Å². The number of phenolic OH excluding ortho intramolecular Hbond substituents is 1. The fourth-order valence-corrected chi connectivity index (χ4v) is 4.68. The number of benzene rings is 2. The van der Waals surface area contributed by atoms with Crippen molar-refractivity contribution in [2.24, 2.45) is 0 Å². The number of anilines is 1. The van der Waals surface area contributed by atoms with Crippen molar-refractivity contribution in [1.82, 2.24) is 4.90 Å². The predicted molar refractivity (Wildman–Crippen MR) is 128 cm³/mol. The second-order valence-corrected chi connectivity index (χ2v) is 9.00. The van der Waals surface area contributed by atoms with Crippen molar-refractivity contribution in [1.29, 1.82) is 0 Å². The maximum atomic E-state index is 12.8. The van der Waals surface area contributed by atoms with Gasteiger partial charge in [-0.3, -0.25) is 14.5 Å². The Morgan fingerprint density at radius 1 is 1.16 bits per heavy atom. The van der Waals surface area contributed by atoms with Gasteiger partial charge in [0.15, 0.2) is 11.5 Å². The second kappa shape index (κ2) is 10.1. The molecule has 1 fully saturated rings. The largest absolute Gasteiger partial charge is 0.506 e.